The van der Waals surface area contributed by atoms with Crippen molar-refractivity contribution in [1.82, 2.24) is 29.2 Å². The number of aromatic nitrogens is 6. The van der Waals surface area contributed by atoms with Crippen LogP contribution in [0.4, 0.5) is 0 Å². The molecule has 0 aliphatic rings. The first kappa shape index (κ1) is 11.5. The van der Waals surface area contributed by atoms with Crippen molar-refractivity contribution in [3.8, 4) is 11.4 Å². The van der Waals surface area contributed by atoms with Crippen molar-refractivity contribution in [1.29, 1.82) is 0 Å². The van der Waals surface area contributed by atoms with E-state index in [-0.39, 0.29) is 5.56 Å². The molecule has 0 amide bonds. The summed E-state index contributed by atoms with van der Waals surface area (Å²) < 4.78 is 2.54. The Morgan fingerprint density at radius 2 is 2.10 bits per heavy atom. The van der Waals surface area contributed by atoms with E-state index in [0.717, 1.165) is 10.2 Å². The summed E-state index contributed by atoms with van der Waals surface area (Å²) in [6.07, 6.45) is 6.29. The second-order valence-corrected chi connectivity index (χ2v) is 4.47. The van der Waals surface area contributed by atoms with Crippen molar-refractivity contribution in [3.05, 3.63) is 53.3 Å². The molecular formula is C13H9N7O. The molecular weight excluding hydrogens is 270 g/mol. The standard InChI is InChI=1S/C13H9N7O/c14-19-5-3-10-9(12(19)21)7-16-13-17-11(18-20(10)13)8-2-1-4-15-6-8/h1-7H,14H2. The number of nitrogen functional groups attached to an aromatic ring is 1. The Hall–Kier alpha value is -3.29. The molecule has 21 heavy (non-hydrogen) atoms. The molecule has 0 radical (unpaired) electrons. The average Bonchev–Trinajstić information content (AvgIpc) is 2.96. The molecule has 2 N–H and O–H groups in total. The highest BCUT2D eigenvalue weighted by Gasteiger charge is 2.11. The first-order chi connectivity index (χ1) is 10.2. The normalized spacial score (nSPS) is 11.2. The summed E-state index contributed by atoms with van der Waals surface area (Å²) in [7, 11) is 0. The van der Waals surface area contributed by atoms with E-state index in [0.29, 0.717) is 22.5 Å². The van der Waals surface area contributed by atoms with Crippen molar-refractivity contribution >= 4 is 16.7 Å². The van der Waals surface area contributed by atoms with E-state index in [1.165, 1.54) is 16.9 Å². The summed E-state index contributed by atoms with van der Waals surface area (Å²) in [5, 5.41) is 4.78. The van der Waals surface area contributed by atoms with Crippen molar-refractivity contribution in [2.75, 3.05) is 5.84 Å². The van der Waals surface area contributed by atoms with Crippen LogP contribution in [0.5, 0.6) is 0 Å². The highest BCUT2D eigenvalue weighted by atomic mass is 16.1. The molecule has 0 spiro atoms. The number of rotatable bonds is 1. The van der Waals surface area contributed by atoms with Crippen LogP contribution in [0.2, 0.25) is 0 Å². The summed E-state index contributed by atoms with van der Waals surface area (Å²) in [5.74, 6) is 6.46. The molecule has 4 heterocycles. The molecule has 0 atom stereocenters. The molecule has 102 valence electrons. The second kappa shape index (κ2) is 4.10. The van der Waals surface area contributed by atoms with Crippen molar-refractivity contribution in [2.45, 2.75) is 0 Å². The van der Waals surface area contributed by atoms with Crippen LogP contribution in [0.25, 0.3) is 28.1 Å². The first-order valence-electron chi connectivity index (χ1n) is 6.17. The number of pyridine rings is 2. The van der Waals surface area contributed by atoms with Crippen LogP contribution in [0.1, 0.15) is 0 Å². The van der Waals surface area contributed by atoms with Crippen LogP contribution < -0.4 is 11.4 Å². The van der Waals surface area contributed by atoms with Gasteiger partial charge >= 0.3 is 0 Å². The highest BCUT2D eigenvalue weighted by molar-refractivity contribution is 5.79. The third kappa shape index (κ3) is 1.66. The molecule has 4 aromatic rings. The van der Waals surface area contributed by atoms with Gasteiger partial charge in [-0.2, -0.15) is 9.50 Å². The van der Waals surface area contributed by atoms with Crippen molar-refractivity contribution in [2.24, 2.45) is 0 Å². The lowest BCUT2D eigenvalue weighted by Crippen LogP contribution is -2.26. The largest absolute Gasteiger partial charge is 0.336 e. The van der Waals surface area contributed by atoms with Crippen LogP contribution >= 0.6 is 0 Å². The summed E-state index contributed by atoms with van der Waals surface area (Å²) in [5.41, 5.74) is 1.05. The predicted octanol–water partition coefficient (Wildman–Crippen LogP) is 0.215. The Balaban J connectivity index is 2.06. The molecule has 0 aliphatic carbocycles. The summed E-state index contributed by atoms with van der Waals surface area (Å²) in [4.78, 5) is 24.5. The fourth-order valence-corrected chi connectivity index (χ4v) is 2.15. The molecule has 4 aromatic heterocycles. The van der Waals surface area contributed by atoms with E-state index in [1.807, 2.05) is 6.07 Å². The molecule has 0 aliphatic heterocycles. The van der Waals surface area contributed by atoms with E-state index in [4.69, 9.17) is 5.84 Å². The lowest BCUT2D eigenvalue weighted by Gasteiger charge is -2.01. The first-order valence-corrected chi connectivity index (χ1v) is 6.17. The van der Waals surface area contributed by atoms with Gasteiger partial charge in [-0.05, 0) is 18.2 Å². The van der Waals surface area contributed by atoms with Gasteiger partial charge in [-0.25, -0.2) is 9.66 Å². The van der Waals surface area contributed by atoms with Crippen molar-refractivity contribution in [3.63, 3.8) is 0 Å². The van der Waals surface area contributed by atoms with Gasteiger partial charge in [-0.1, -0.05) is 0 Å². The molecule has 0 aromatic carbocycles. The SMILES string of the molecule is Nn1ccc2c(cnc3nc(-c4cccnc4)nn32)c1=O. The van der Waals surface area contributed by atoms with Crippen LogP contribution in [-0.4, -0.2) is 29.2 Å². The van der Waals surface area contributed by atoms with E-state index in [1.54, 1.807) is 24.5 Å². The number of fused-ring (bicyclic) bond motifs is 3. The molecule has 8 heteroatoms. The monoisotopic (exact) mass is 279 g/mol. The Morgan fingerprint density at radius 3 is 2.90 bits per heavy atom. The zero-order chi connectivity index (χ0) is 14.4. The molecule has 0 saturated carbocycles. The average molecular weight is 279 g/mol. The Labute approximate surface area is 117 Å². The van der Waals surface area contributed by atoms with Crippen LogP contribution in [-0.2, 0) is 0 Å². The number of nitrogens with zero attached hydrogens (tertiary/aromatic N) is 6. The Bertz CT molecular complexity index is 1020. The number of nitrogens with two attached hydrogens (primary N) is 1. The van der Waals surface area contributed by atoms with Gasteiger partial charge in [0.2, 0.25) is 0 Å². The second-order valence-electron chi connectivity index (χ2n) is 4.47. The molecule has 0 unspecified atom stereocenters. The summed E-state index contributed by atoms with van der Waals surface area (Å²) >= 11 is 0. The van der Waals surface area contributed by atoms with Gasteiger partial charge in [-0.15, -0.1) is 5.10 Å². The van der Waals surface area contributed by atoms with E-state index < -0.39 is 0 Å². The van der Waals surface area contributed by atoms with Gasteiger partial charge in [0.1, 0.15) is 0 Å². The molecule has 0 fully saturated rings. The molecule has 4 rings (SSSR count). The van der Waals surface area contributed by atoms with Crippen LogP contribution in [0.15, 0.2) is 47.8 Å². The van der Waals surface area contributed by atoms with Gasteiger partial charge in [0.25, 0.3) is 11.3 Å². The number of hydrogen-bond acceptors (Lipinski definition) is 6. The van der Waals surface area contributed by atoms with Gasteiger partial charge < -0.3 is 5.84 Å². The minimum absolute atomic E-state index is 0.333. The minimum Gasteiger partial charge on any atom is -0.336 e. The van der Waals surface area contributed by atoms with Crippen LogP contribution in [0.3, 0.4) is 0 Å². The minimum atomic E-state index is -0.333. The Morgan fingerprint density at radius 1 is 1.19 bits per heavy atom. The summed E-state index contributed by atoms with van der Waals surface area (Å²) in [6.45, 7) is 0. The third-order valence-electron chi connectivity index (χ3n) is 3.18. The fourth-order valence-electron chi connectivity index (χ4n) is 2.15. The van der Waals surface area contributed by atoms with E-state index in [2.05, 4.69) is 20.1 Å². The van der Waals surface area contributed by atoms with Gasteiger partial charge in [0, 0.05) is 30.4 Å². The van der Waals surface area contributed by atoms with Crippen molar-refractivity contribution < 1.29 is 0 Å². The third-order valence-corrected chi connectivity index (χ3v) is 3.18. The maximum Gasteiger partial charge on any atom is 0.279 e. The predicted molar refractivity (Wildman–Crippen MR) is 75.9 cm³/mol. The maximum absolute atomic E-state index is 12.0. The smallest absolute Gasteiger partial charge is 0.279 e. The van der Waals surface area contributed by atoms with E-state index >= 15 is 0 Å². The van der Waals surface area contributed by atoms with Gasteiger partial charge in [0.15, 0.2) is 5.82 Å². The zero-order valence-electron chi connectivity index (χ0n) is 10.7. The summed E-state index contributed by atoms with van der Waals surface area (Å²) in [6, 6.07) is 5.36. The highest BCUT2D eigenvalue weighted by Crippen LogP contribution is 2.16. The zero-order valence-corrected chi connectivity index (χ0v) is 10.7. The fraction of sp³-hybridized carbons (Fsp3) is 0. The lowest BCUT2D eigenvalue weighted by molar-refractivity contribution is 0.931. The molecule has 8 nitrogen and oxygen atoms in total. The lowest BCUT2D eigenvalue weighted by atomic mass is 10.3. The van der Waals surface area contributed by atoms with E-state index in [9.17, 15) is 4.79 Å². The van der Waals surface area contributed by atoms with Crippen LogP contribution in [0, 0.1) is 0 Å². The quantitative estimate of drug-likeness (QED) is 0.500. The topological polar surface area (TPSA) is 104 Å². The molecule has 0 bridgehead atoms. The maximum atomic E-state index is 12.0. The van der Waals surface area contributed by atoms with Gasteiger partial charge in [0.05, 0.1) is 10.9 Å². The van der Waals surface area contributed by atoms with Gasteiger partial charge in [-0.3, -0.25) is 9.78 Å². The Kier molecular flexibility index (Phi) is 2.25. The number of hydrogen-bond donors (Lipinski definition) is 1. The molecule has 0 saturated heterocycles.